The average molecular weight is 604 g/mol. The molecule has 218 valence electrons. The zero-order valence-corrected chi connectivity index (χ0v) is 25.2. The van der Waals surface area contributed by atoms with Crippen molar-refractivity contribution in [3.63, 3.8) is 0 Å². The Labute approximate surface area is 250 Å². The van der Waals surface area contributed by atoms with E-state index < -0.39 is 10.0 Å². The van der Waals surface area contributed by atoms with E-state index in [1.165, 1.54) is 21.6 Å². The molecule has 2 aliphatic rings. The van der Waals surface area contributed by atoms with Gasteiger partial charge in [0.15, 0.2) is 11.0 Å². The first kappa shape index (κ1) is 28.6. The van der Waals surface area contributed by atoms with Gasteiger partial charge in [0.25, 0.3) is 0 Å². The molecule has 0 saturated carbocycles. The number of anilines is 1. The van der Waals surface area contributed by atoms with Gasteiger partial charge in [-0.15, -0.1) is 10.2 Å². The van der Waals surface area contributed by atoms with Crippen molar-refractivity contribution < 1.29 is 17.9 Å². The minimum Gasteiger partial charge on any atom is -0.379 e. The summed E-state index contributed by atoms with van der Waals surface area (Å²) >= 11 is 1.35. The number of nitrogens with zero attached hydrogens (tertiary/aromatic N) is 5. The summed E-state index contributed by atoms with van der Waals surface area (Å²) in [5.41, 5.74) is 3.83. The second-order valence-corrected chi connectivity index (χ2v) is 13.4. The molecule has 3 heterocycles. The first-order valence-electron chi connectivity index (χ1n) is 14.1. The maximum Gasteiger partial charge on any atom is 0.243 e. The highest BCUT2D eigenvalue weighted by Gasteiger charge is 2.32. The molecule has 4 aromatic rings. The van der Waals surface area contributed by atoms with E-state index in [-0.39, 0.29) is 28.6 Å². The monoisotopic (exact) mass is 603 g/mol. The number of amides is 1. The van der Waals surface area contributed by atoms with Gasteiger partial charge in [0, 0.05) is 30.4 Å². The topological polar surface area (TPSA) is 97.6 Å². The van der Waals surface area contributed by atoms with Crippen LogP contribution in [0.15, 0.2) is 88.9 Å². The third kappa shape index (κ3) is 5.49. The number of hydrogen-bond acceptors (Lipinski definition) is 7. The largest absolute Gasteiger partial charge is 0.379 e. The van der Waals surface area contributed by atoms with Crippen LogP contribution in [-0.2, 0) is 26.0 Å². The lowest BCUT2D eigenvalue weighted by molar-refractivity contribution is -0.116. The number of carbonyl (C=O) groups excluding carboxylic acids is 1. The van der Waals surface area contributed by atoms with Crippen LogP contribution < -0.4 is 4.90 Å². The minimum atomic E-state index is -3.69. The summed E-state index contributed by atoms with van der Waals surface area (Å²) in [5, 5.41) is 9.64. The fourth-order valence-electron chi connectivity index (χ4n) is 5.68. The van der Waals surface area contributed by atoms with Gasteiger partial charge in [-0.1, -0.05) is 72.4 Å². The minimum absolute atomic E-state index is 0.0134. The van der Waals surface area contributed by atoms with E-state index in [1.54, 1.807) is 18.2 Å². The third-order valence-electron chi connectivity index (χ3n) is 7.83. The molecule has 1 aromatic heterocycles. The fraction of sp³-hybridized carbons (Fsp3) is 0.323. The smallest absolute Gasteiger partial charge is 0.243 e. The van der Waals surface area contributed by atoms with Gasteiger partial charge in [-0.05, 0) is 49.6 Å². The molecule has 42 heavy (non-hydrogen) atoms. The van der Waals surface area contributed by atoms with Crippen molar-refractivity contribution in [1.82, 2.24) is 19.1 Å². The van der Waals surface area contributed by atoms with Gasteiger partial charge in [-0.2, -0.15) is 4.31 Å². The zero-order valence-electron chi connectivity index (χ0n) is 23.6. The van der Waals surface area contributed by atoms with E-state index in [9.17, 15) is 13.2 Å². The summed E-state index contributed by atoms with van der Waals surface area (Å²) in [6.45, 7) is 5.52. The van der Waals surface area contributed by atoms with Crippen molar-refractivity contribution in [2.45, 2.75) is 42.4 Å². The van der Waals surface area contributed by atoms with Crippen LogP contribution in [0.1, 0.15) is 31.0 Å². The summed E-state index contributed by atoms with van der Waals surface area (Å²) < 4.78 is 35.6. The molecule has 0 unspecified atom stereocenters. The highest BCUT2D eigenvalue weighted by molar-refractivity contribution is 7.99. The van der Waals surface area contributed by atoms with Crippen molar-refractivity contribution in [3.05, 3.63) is 90.0 Å². The van der Waals surface area contributed by atoms with Crippen LogP contribution in [0.2, 0.25) is 0 Å². The van der Waals surface area contributed by atoms with E-state index in [2.05, 4.69) is 30.1 Å². The fourth-order valence-corrected chi connectivity index (χ4v) is 8.00. The number of thioether (sulfide) groups is 1. The Morgan fingerprint density at radius 3 is 2.52 bits per heavy atom. The van der Waals surface area contributed by atoms with Gasteiger partial charge in [0.05, 0.1) is 29.9 Å². The predicted octanol–water partition coefficient (Wildman–Crippen LogP) is 4.65. The lowest BCUT2D eigenvalue weighted by Gasteiger charge is -2.26. The number of benzene rings is 3. The number of fused-ring (bicyclic) bond motifs is 1. The number of aromatic nitrogens is 3. The van der Waals surface area contributed by atoms with Crippen LogP contribution in [-0.4, -0.2) is 71.5 Å². The van der Waals surface area contributed by atoms with Crippen LogP contribution in [0, 0.1) is 0 Å². The molecule has 1 amide bonds. The summed E-state index contributed by atoms with van der Waals surface area (Å²) in [5.74, 6) is 0.753. The van der Waals surface area contributed by atoms with E-state index in [4.69, 9.17) is 4.74 Å². The molecule has 2 aliphatic heterocycles. The van der Waals surface area contributed by atoms with Gasteiger partial charge in [0.2, 0.25) is 15.9 Å². The molecule has 0 aliphatic carbocycles. The number of morpholine rings is 1. The van der Waals surface area contributed by atoms with Gasteiger partial charge < -0.3 is 9.64 Å². The normalized spacial score (nSPS) is 18.1. The standard InChI is InChI=1S/C31H33N5O4S2/c1-22-19-25-11-6-7-14-28(25)35(22)29(37)21-41-31-33-32-30(36(31)23(2)24-9-4-3-5-10-24)26-12-8-13-27(20-26)42(38,39)34-15-17-40-18-16-34/h3-14,20,22-23H,15-19,21H2,1-2H3/t22-,23-/m0/s1. The third-order valence-corrected chi connectivity index (χ3v) is 10.7. The van der Waals surface area contributed by atoms with Crippen LogP contribution in [0.4, 0.5) is 5.69 Å². The maximum absolute atomic E-state index is 13.5. The van der Waals surface area contributed by atoms with E-state index in [1.807, 2.05) is 64.1 Å². The molecule has 3 aromatic carbocycles. The summed E-state index contributed by atoms with van der Waals surface area (Å²) in [7, 11) is -3.69. The SMILES string of the molecule is C[C@H]1Cc2ccccc2N1C(=O)CSc1nnc(-c2cccc(S(=O)(=O)N3CCOCC3)c2)n1[C@@H](C)c1ccccc1. The Morgan fingerprint density at radius 2 is 1.74 bits per heavy atom. The van der Waals surface area contributed by atoms with Crippen LogP contribution >= 0.6 is 11.8 Å². The average Bonchev–Trinajstić information content (AvgIpc) is 3.60. The van der Waals surface area contributed by atoms with E-state index in [0.717, 1.165) is 17.7 Å². The van der Waals surface area contributed by atoms with E-state index >= 15 is 0 Å². The van der Waals surface area contributed by atoms with Crippen molar-refractivity contribution in [2.75, 3.05) is 37.0 Å². The second kappa shape index (κ2) is 12.0. The van der Waals surface area contributed by atoms with Crippen LogP contribution in [0.25, 0.3) is 11.4 Å². The first-order valence-corrected chi connectivity index (χ1v) is 16.5. The molecule has 0 radical (unpaired) electrons. The predicted molar refractivity (Wildman–Crippen MR) is 163 cm³/mol. The summed E-state index contributed by atoms with van der Waals surface area (Å²) in [6, 6.07) is 24.8. The number of ether oxygens (including phenoxy) is 1. The van der Waals surface area contributed by atoms with Gasteiger partial charge in [-0.25, -0.2) is 8.42 Å². The first-order chi connectivity index (χ1) is 20.3. The molecule has 0 bridgehead atoms. The van der Waals surface area contributed by atoms with Crippen molar-refractivity contribution in [1.29, 1.82) is 0 Å². The summed E-state index contributed by atoms with van der Waals surface area (Å²) in [4.78, 5) is 15.6. The van der Waals surface area contributed by atoms with Crippen molar-refractivity contribution in [2.24, 2.45) is 0 Å². The highest BCUT2D eigenvalue weighted by atomic mass is 32.2. The lowest BCUT2D eigenvalue weighted by atomic mass is 10.1. The number of sulfonamides is 1. The van der Waals surface area contributed by atoms with Gasteiger partial charge >= 0.3 is 0 Å². The lowest BCUT2D eigenvalue weighted by Crippen LogP contribution is -2.40. The van der Waals surface area contributed by atoms with Gasteiger partial charge in [-0.3, -0.25) is 9.36 Å². The van der Waals surface area contributed by atoms with E-state index in [0.29, 0.717) is 42.8 Å². The molecular weight excluding hydrogens is 571 g/mol. The van der Waals surface area contributed by atoms with Crippen molar-refractivity contribution >= 4 is 33.4 Å². The quantitative estimate of drug-likeness (QED) is 0.271. The Balaban J connectivity index is 1.33. The molecule has 6 rings (SSSR count). The Bertz CT molecular complexity index is 1690. The maximum atomic E-state index is 13.5. The van der Waals surface area contributed by atoms with Crippen LogP contribution in [0.3, 0.4) is 0 Å². The molecule has 11 heteroatoms. The molecule has 2 atom stereocenters. The van der Waals surface area contributed by atoms with Crippen LogP contribution in [0.5, 0.6) is 0 Å². The molecule has 0 N–H and O–H groups in total. The number of rotatable bonds is 8. The summed E-state index contributed by atoms with van der Waals surface area (Å²) in [6.07, 6.45) is 0.835. The number of carbonyl (C=O) groups is 1. The Hall–Kier alpha value is -3.51. The molecular formula is C31H33N5O4S2. The Morgan fingerprint density at radius 1 is 1.00 bits per heavy atom. The molecule has 0 spiro atoms. The number of para-hydroxylation sites is 1. The zero-order chi connectivity index (χ0) is 29.3. The molecule has 9 nitrogen and oxygen atoms in total. The molecule has 1 saturated heterocycles. The Kier molecular flexibility index (Phi) is 8.17. The van der Waals surface area contributed by atoms with Crippen molar-refractivity contribution in [3.8, 4) is 11.4 Å². The van der Waals surface area contributed by atoms with Gasteiger partial charge in [0.1, 0.15) is 0 Å². The number of hydrogen-bond donors (Lipinski definition) is 0. The highest BCUT2D eigenvalue weighted by Crippen LogP contribution is 2.35. The second-order valence-electron chi connectivity index (χ2n) is 10.5. The molecule has 1 fully saturated rings.